The summed E-state index contributed by atoms with van der Waals surface area (Å²) in [5.41, 5.74) is 5.94. The topological polar surface area (TPSA) is 55.1 Å². The van der Waals surface area contributed by atoms with Crippen LogP contribution < -0.4 is 11.1 Å². The van der Waals surface area contributed by atoms with Crippen molar-refractivity contribution in [1.29, 1.82) is 0 Å². The summed E-state index contributed by atoms with van der Waals surface area (Å²) >= 11 is 5.81. The summed E-state index contributed by atoms with van der Waals surface area (Å²) in [7, 11) is 0. The van der Waals surface area contributed by atoms with E-state index in [1.54, 1.807) is 0 Å². The van der Waals surface area contributed by atoms with Crippen LogP contribution in [0.25, 0.3) is 0 Å². The van der Waals surface area contributed by atoms with Gasteiger partial charge in [0.1, 0.15) is 0 Å². The van der Waals surface area contributed by atoms with E-state index in [0.29, 0.717) is 18.0 Å². The van der Waals surface area contributed by atoms with Crippen LogP contribution in [-0.4, -0.2) is 12.5 Å². The summed E-state index contributed by atoms with van der Waals surface area (Å²) in [5, 5.41) is 3.62. The van der Waals surface area contributed by atoms with Crippen LogP contribution in [-0.2, 0) is 10.3 Å². The van der Waals surface area contributed by atoms with Crippen LogP contribution in [0, 0.1) is 0 Å². The minimum Gasteiger partial charge on any atom is -0.347 e. The van der Waals surface area contributed by atoms with Crippen molar-refractivity contribution in [1.82, 2.24) is 5.32 Å². The minimum atomic E-state index is -0.406. The van der Waals surface area contributed by atoms with Gasteiger partial charge in [-0.05, 0) is 31.5 Å². The number of rotatable bonds is 4. The zero-order chi connectivity index (χ0) is 12.2. The molecule has 1 rings (SSSR count). The van der Waals surface area contributed by atoms with Gasteiger partial charge in [-0.2, -0.15) is 0 Å². The van der Waals surface area contributed by atoms with Gasteiger partial charge in [0.2, 0.25) is 5.91 Å². The zero-order valence-electron chi connectivity index (χ0n) is 9.59. The van der Waals surface area contributed by atoms with E-state index in [-0.39, 0.29) is 5.91 Å². The van der Waals surface area contributed by atoms with E-state index in [4.69, 9.17) is 17.3 Å². The SMILES string of the molecule is CC(C)(NC(=O)CCN)c1ccc(Cl)cc1. The van der Waals surface area contributed by atoms with Crippen LogP contribution in [0.2, 0.25) is 5.02 Å². The number of amides is 1. The number of carbonyl (C=O) groups excluding carboxylic acids is 1. The molecule has 0 saturated carbocycles. The third-order valence-corrected chi connectivity index (χ3v) is 2.64. The van der Waals surface area contributed by atoms with Gasteiger partial charge in [0.25, 0.3) is 0 Å². The minimum absolute atomic E-state index is 0.0394. The van der Waals surface area contributed by atoms with E-state index in [2.05, 4.69) is 5.32 Å². The van der Waals surface area contributed by atoms with E-state index in [0.717, 1.165) is 5.56 Å². The van der Waals surface area contributed by atoms with Crippen LogP contribution >= 0.6 is 11.6 Å². The van der Waals surface area contributed by atoms with Crippen LogP contribution in [0.5, 0.6) is 0 Å². The van der Waals surface area contributed by atoms with Crippen LogP contribution in [0.4, 0.5) is 0 Å². The molecule has 1 aromatic rings. The van der Waals surface area contributed by atoms with Gasteiger partial charge in [-0.25, -0.2) is 0 Å². The summed E-state index contributed by atoms with van der Waals surface area (Å²) in [6, 6.07) is 7.44. The Morgan fingerprint density at radius 2 is 1.94 bits per heavy atom. The van der Waals surface area contributed by atoms with Crippen molar-refractivity contribution < 1.29 is 4.79 Å². The molecule has 0 aliphatic heterocycles. The largest absolute Gasteiger partial charge is 0.347 e. The lowest BCUT2D eigenvalue weighted by atomic mass is 9.94. The highest BCUT2D eigenvalue weighted by atomic mass is 35.5. The zero-order valence-corrected chi connectivity index (χ0v) is 10.3. The molecule has 0 atom stereocenters. The first kappa shape index (κ1) is 13.0. The molecule has 3 nitrogen and oxygen atoms in total. The lowest BCUT2D eigenvalue weighted by Crippen LogP contribution is -2.41. The molecule has 16 heavy (non-hydrogen) atoms. The van der Waals surface area contributed by atoms with Crippen molar-refractivity contribution in [2.75, 3.05) is 6.54 Å². The fraction of sp³-hybridized carbons (Fsp3) is 0.417. The predicted octanol–water partition coefficient (Wildman–Crippen LogP) is 2.04. The summed E-state index contributed by atoms with van der Waals surface area (Å²) in [4.78, 5) is 11.5. The Labute approximate surface area is 101 Å². The number of benzene rings is 1. The van der Waals surface area contributed by atoms with Gasteiger partial charge in [0.15, 0.2) is 0 Å². The Morgan fingerprint density at radius 1 is 1.38 bits per heavy atom. The van der Waals surface area contributed by atoms with Gasteiger partial charge >= 0.3 is 0 Å². The van der Waals surface area contributed by atoms with Gasteiger partial charge in [-0.15, -0.1) is 0 Å². The van der Waals surface area contributed by atoms with E-state index in [9.17, 15) is 4.79 Å². The molecular formula is C12H17ClN2O. The molecule has 1 aromatic carbocycles. The molecule has 0 aromatic heterocycles. The second-order valence-electron chi connectivity index (χ2n) is 4.22. The lowest BCUT2D eigenvalue weighted by Gasteiger charge is -2.27. The first-order valence-electron chi connectivity index (χ1n) is 5.23. The summed E-state index contributed by atoms with van der Waals surface area (Å²) in [6.07, 6.45) is 0.344. The maximum atomic E-state index is 11.5. The maximum absolute atomic E-state index is 11.5. The Balaban J connectivity index is 2.76. The second-order valence-corrected chi connectivity index (χ2v) is 4.66. The molecule has 0 fully saturated rings. The van der Waals surface area contributed by atoms with Gasteiger partial charge in [-0.3, -0.25) is 4.79 Å². The molecule has 0 saturated heterocycles. The number of nitrogens with two attached hydrogens (primary N) is 1. The molecule has 88 valence electrons. The van der Waals surface area contributed by atoms with Gasteiger partial charge < -0.3 is 11.1 Å². The van der Waals surface area contributed by atoms with Crippen molar-refractivity contribution in [3.8, 4) is 0 Å². The van der Waals surface area contributed by atoms with E-state index in [1.165, 1.54) is 0 Å². The highest BCUT2D eigenvalue weighted by Gasteiger charge is 2.22. The normalized spacial score (nSPS) is 11.2. The van der Waals surface area contributed by atoms with E-state index < -0.39 is 5.54 Å². The molecule has 0 spiro atoms. The molecular weight excluding hydrogens is 224 g/mol. The highest BCUT2D eigenvalue weighted by molar-refractivity contribution is 6.30. The van der Waals surface area contributed by atoms with E-state index >= 15 is 0 Å². The average Bonchev–Trinajstić information content (AvgIpc) is 2.17. The molecule has 3 N–H and O–H groups in total. The number of hydrogen-bond acceptors (Lipinski definition) is 2. The third-order valence-electron chi connectivity index (χ3n) is 2.39. The predicted molar refractivity (Wildman–Crippen MR) is 66.3 cm³/mol. The molecule has 1 amide bonds. The third kappa shape index (κ3) is 3.51. The quantitative estimate of drug-likeness (QED) is 0.846. The number of carbonyl (C=O) groups is 1. The first-order valence-corrected chi connectivity index (χ1v) is 5.60. The molecule has 4 heteroatoms. The molecule has 0 aliphatic rings. The second kappa shape index (κ2) is 5.32. The van der Waals surface area contributed by atoms with Crippen molar-refractivity contribution >= 4 is 17.5 Å². The van der Waals surface area contributed by atoms with Crippen molar-refractivity contribution in [2.45, 2.75) is 25.8 Å². The standard InChI is InChI=1S/C12H17ClN2O/c1-12(2,15-11(16)7-8-14)9-3-5-10(13)6-4-9/h3-6H,7-8,14H2,1-2H3,(H,15,16). The van der Waals surface area contributed by atoms with Gasteiger partial charge in [-0.1, -0.05) is 23.7 Å². The molecule has 0 bridgehead atoms. The van der Waals surface area contributed by atoms with Crippen LogP contribution in [0.3, 0.4) is 0 Å². The van der Waals surface area contributed by atoms with Gasteiger partial charge in [0.05, 0.1) is 5.54 Å². The number of hydrogen-bond donors (Lipinski definition) is 2. The Bertz CT molecular complexity index is 360. The first-order chi connectivity index (χ1) is 7.45. The summed E-state index contributed by atoms with van der Waals surface area (Å²) in [6.45, 7) is 4.26. The molecule has 0 unspecified atom stereocenters. The van der Waals surface area contributed by atoms with Crippen molar-refractivity contribution in [3.05, 3.63) is 34.9 Å². The van der Waals surface area contributed by atoms with Crippen molar-refractivity contribution in [3.63, 3.8) is 0 Å². The Morgan fingerprint density at radius 3 is 2.44 bits per heavy atom. The van der Waals surface area contributed by atoms with Crippen LogP contribution in [0.1, 0.15) is 25.8 Å². The average molecular weight is 241 g/mol. The van der Waals surface area contributed by atoms with Crippen molar-refractivity contribution in [2.24, 2.45) is 5.73 Å². The monoisotopic (exact) mass is 240 g/mol. The van der Waals surface area contributed by atoms with E-state index in [1.807, 2.05) is 38.1 Å². The molecule has 0 radical (unpaired) electrons. The fourth-order valence-corrected chi connectivity index (χ4v) is 1.61. The summed E-state index contributed by atoms with van der Waals surface area (Å²) < 4.78 is 0. The summed E-state index contributed by atoms with van der Waals surface area (Å²) in [5.74, 6) is -0.0394. The fourth-order valence-electron chi connectivity index (χ4n) is 1.48. The smallest absolute Gasteiger partial charge is 0.221 e. The molecule has 0 heterocycles. The molecule has 0 aliphatic carbocycles. The van der Waals surface area contributed by atoms with Gasteiger partial charge in [0, 0.05) is 18.0 Å². The number of halogens is 1. The van der Waals surface area contributed by atoms with Crippen LogP contribution in [0.15, 0.2) is 24.3 Å². The Hall–Kier alpha value is -1.06. The Kier molecular flexibility index (Phi) is 4.33. The number of nitrogens with one attached hydrogen (secondary N) is 1. The highest BCUT2D eigenvalue weighted by Crippen LogP contribution is 2.21. The lowest BCUT2D eigenvalue weighted by molar-refractivity contribution is -0.122. The maximum Gasteiger partial charge on any atom is 0.221 e.